The zero-order valence-corrected chi connectivity index (χ0v) is 29.7. The summed E-state index contributed by atoms with van der Waals surface area (Å²) in [6.07, 6.45) is 0. The number of hydrogen-bond donors (Lipinski definition) is 0. The molecule has 0 fully saturated rings. The summed E-state index contributed by atoms with van der Waals surface area (Å²) in [5.41, 5.74) is 10.8. The minimum absolute atomic E-state index is 0.434. The fourth-order valence-electron chi connectivity index (χ4n) is 9.01. The Balaban J connectivity index is 1.13. The number of rotatable bonds is 5. The lowest BCUT2D eigenvalue weighted by Crippen LogP contribution is -2.28. The van der Waals surface area contributed by atoms with Gasteiger partial charge in [-0.05, 0) is 103 Å². The van der Waals surface area contributed by atoms with Crippen LogP contribution in [0.3, 0.4) is 0 Å². The van der Waals surface area contributed by atoms with Crippen LogP contribution in [0, 0.1) is 0 Å². The molecule has 0 N–H and O–H groups in total. The number of benzene rings is 9. The monoisotopic (exact) mass is 691 g/mol. The highest BCUT2D eigenvalue weighted by atomic mass is 32.1. The van der Waals surface area contributed by atoms with Crippen LogP contribution in [0.5, 0.6) is 0 Å². The van der Waals surface area contributed by atoms with E-state index < -0.39 is 5.41 Å². The summed E-state index contributed by atoms with van der Waals surface area (Å²) in [6, 6.07) is 74.1. The van der Waals surface area contributed by atoms with E-state index in [1.54, 1.807) is 0 Å². The number of thiophene rings is 1. The third kappa shape index (κ3) is 4.49. The van der Waals surface area contributed by atoms with Crippen LogP contribution in [0.4, 0.5) is 17.1 Å². The first-order valence-electron chi connectivity index (χ1n) is 18.3. The Bertz CT molecular complexity index is 2960. The topological polar surface area (TPSA) is 3.24 Å². The van der Waals surface area contributed by atoms with Gasteiger partial charge in [0.15, 0.2) is 0 Å². The summed E-state index contributed by atoms with van der Waals surface area (Å²) in [5, 5.41) is 7.63. The van der Waals surface area contributed by atoms with Crippen molar-refractivity contribution in [3.05, 3.63) is 222 Å². The normalized spacial score (nSPS) is 13.1. The van der Waals surface area contributed by atoms with Crippen LogP contribution in [0.2, 0.25) is 0 Å². The highest BCUT2D eigenvalue weighted by molar-refractivity contribution is 7.25. The summed E-state index contributed by atoms with van der Waals surface area (Å²) < 4.78 is 2.62. The molecular weight excluding hydrogens is 659 g/mol. The molecule has 1 nitrogen and oxygen atoms in total. The third-order valence-corrected chi connectivity index (χ3v) is 12.5. The Morgan fingerprint density at radius 3 is 1.68 bits per heavy atom. The van der Waals surface area contributed by atoms with Crippen LogP contribution >= 0.6 is 11.3 Å². The van der Waals surface area contributed by atoms with Gasteiger partial charge in [-0.1, -0.05) is 152 Å². The Labute approximate surface area is 312 Å². The van der Waals surface area contributed by atoms with Crippen molar-refractivity contribution in [3.8, 4) is 11.1 Å². The molecule has 0 spiro atoms. The van der Waals surface area contributed by atoms with Crippen LogP contribution in [0.15, 0.2) is 200 Å². The Morgan fingerprint density at radius 1 is 0.340 bits per heavy atom. The molecule has 0 amide bonds. The van der Waals surface area contributed by atoms with Crippen molar-refractivity contribution in [2.45, 2.75) is 5.41 Å². The molecule has 10 aromatic rings. The molecule has 0 bridgehead atoms. The summed E-state index contributed by atoms with van der Waals surface area (Å²) in [4.78, 5) is 2.43. The molecule has 0 saturated carbocycles. The van der Waals surface area contributed by atoms with E-state index >= 15 is 0 Å². The lowest BCUT2D eigenvalue weighted by Gasteiger charge is -2.34. The standard InChI is InChI=1S/C51H33NS/c1-2-13-36(14-3-1)51(47-19-9-6-16-43(47)44-17-7-10-20-48(44)51)37-24-26-38(27-25-37)52(40-29-31-50-46(33-40)45-18-8-11-21-49(45)53-50)39-28-30-42-35(32-39)23-22-34-12-4-5-15-41(34)42/h1-33H. The van der Waals surface area contributed by atoms with E-state index in [1.165, 1.54) is 75.1 Å². The van der Waals surface area contributed by atoms with E-state index in [9.17, 15) is 0 Å². The second-order valence-electron chi connectivity index (χ2n) is 14.1. The predicted molar refractivity (Wildman–Crippen MR) is 226 cm³/mol. The molecule has 0 atom stereocenters. The maximum absolute atomic E-state index is 2.43. The molecule has 248 valence electrons. The van der Waals surface area contributed by atoms with E-state index in [4.69, 9.17) is 0 Å². The van der Waals surface area contributed by atoms with Gasteiger partial charge in [0.1, 0.15) is 0 Å². The van der Waals surface area contributed by atoms with Crippen molar-refractivity contribution in [2.24, 2.45) is 0 Å². The molecule has 0 unspecified atom stereocenters. The molecule has 2 heteroatoms. The van der Waals surface area contributed by atoms with Gasteiger partial charge in [-0.15, -0.1) is 11.3 Å². The molecule has 53 heavy (non-hydrogen) atoms. The summed E-state index contributed by atoms with van der Waals surface area (Å²) in [7, 11) is 0. The smallest absolute Gasteiger partial charge is 0.0713 e. The molecule has 0 radical (unpaired) electrons. The average molecular weight is 692 g/mol. The molecule has 11 rings (SSSR count). The van der Waals surface area contributed by atoms with Crippen LogP contribution in [-0.2, 0) is 5.41 Å². The quantitative estimate of drug-likeness (QED) is 0.162. The molecule has 1 heterocycles. The van der Waals surface area contributed by atoms with E-state index in [0.717, 1.165) is 17.1 Å². The summed E-state index contributed by atoms with van der Waals surface area (Å²) in [5.74, 6) is 0. The van der Waals surface area contributed by atoms with Gasteiger partial charge in [0.25, 0.3) is 0 Å². The predicted octanol–water partition coefficient (Wildman–Crippen LogP) is 14.2. The van der Waals surface area contributed by atoms with Crippen molar-refractivity contribution in [1.29, 1.82) is 0 Å². The van der Waals surface area contributed by atoms with Gasteiger partial charge in [-0.2, -0.15) is 0 Å². The Morgan fingerprint density at radius 2 is 0.887 bits per heavy atom. The van der Waals surface area contributed by atoms with Gasteiger partial charge >= 0.3 is 0 Å². The highest BCUT2D eigenvalue weighted by Gasteiger charge is 2.45. The second kappa shape index (κ2) is 11.8. The first-order valence-corrected chi connectivity index (χ1v) is 19.1. The largest absolute Gasteiger partial charge is 0.310 e. The minimum atomic E-state index is -0.434. The van der Waals surface area contributed by atoms with Gasteiger partial charge in [0.2, 0.25) is 0 Å². The van der Waals surface area contributed by atoms with E-state index in [2.05, 4.69) is 205 Å². The molecular formula is C51H33NS. The lowest BCUT2D eigenvalue weighted by atomic mass is 9.68. The van der Waals surface area contributed by atoms with Crippen molar-refractivity contribution in [2.75, 3.05) is 4.90 Å². The number of hydrogen-bond acceptors (Lipinski definition) is 2. The second-order valence-corrected chi connectivity index (χ2v) is 15.1. The molecule has 0 saturated heterocycles. The van der Waals surface area contributed by atoms with E-state index in [1.807, 2.05) is 11.3 Å². The number of anilines is 3. The van der Waals surface area contributed by atoms with Gasteiger partial charge in [0, 0.05) is 37.2 Å². The van der Waals surface area contributed by atoms with Crippen molar-refractivity contribution in [1.82, 2.24) is 0 Å². The maximum Gasteiger partial charge on any atom is 0.0713 e. The van der Waals surface area contributed by atoms with E-state index in [-0.39, 0.29) is 0 Å². The molecule has 1 aromatic heterocycles. The van der Waals surface area contributed by atoms with Crippen molar-refractivity contribution < 1.29 is 0 Å². The maximum atomic E-state index is 2.43. The van der Waals surface area contributed by atoms with Gasteiger partial charge in [-0.25, -0.2) is 0 Å². The van der Waals surface area contributed by atoms with Gasteiger partial charge in [-0.3, -0.25) is 0 Å². The van der Waals surface area contributed by atoms with Crippen LogP contribution in [-0.4, -0.2) is 0 Å². The van der Waals surface area contributed by atoms with Crippen LogP contribution < -0.4 is 4.90 Å². The third-order valence-electron chi connectivity index (χ3n) is 11.3. The zero-order chi connectivity index (χ0) is 34.9. The Kier molecular flexibility index (Phi) is 6.71. The van der Waals surface area contributed by atoms with Crippen LogP contribution in [0.25, 0.3) is 52.8 Å². The number of fused-ring (bicyclic) bond motifs is 9. The average Bonchev–Trinajstić information content (AvgIpc) is 3.75. The molecule has 9 aromatic carbocycles. The van der Waals surface area contributed by atoms with Crippen molar-refractivity contribution in [3.63, 3.8) is 0 Å². The number of nitrogens with zero attached hydrogens (tertiary/aromatic N) is 1. The SMILES string of the molecule is c1ccc(C2(c3ccc(N(c4ccc5c(ccc6ccccc65)c4)c4ccc5sc6ccccc6c5c4)cc3)c3ccccc3-c3ccccc32)cc1. The molecule has 1 aliphatic carbocycles. The fraction of sp³-hybridized carbons (Fsp3) is 0.0196. The summed E-state index contributed by atoms with van der Waals surface area (Å²) in [6.45, 7) is 0. The first-order chi connectivity index (χ1) is 26.3. The van der Waals surface area contributed by atoms with Gasteiger partial charge < -0.3 is 4.90 Å². The Hall–Kier alpha value is -6.48. The first kappa shape index (κ1) is 30.2. The molecule has 0 aliphatic heterocycles. The highest BCUT2D eigenvalue weighted by Crippen LogP contribution is 2.56. The lowest BCUT2D eigenvalue weighted by molar-refractivity contribution is 0.768. The fourth-order valence-corrected chi connectivity index (χ4v) is 10.1. The van der Waals surface area contributed by atoms with Gasteiger partial charge in [0.05, 0.1) is 5.41 Å². The minimum Gasteiger partial charge on any atom is -0.310 e. The van der Waals surface area contributed by atoms with Crippen LogP contribution in [0.1, 0.15) is 22.3 Å². The summed E-state index contributed by atoms with van der Waals surface area (Å²) >= 11 is 1.86. The zero-order valence-electron chi connectivity index (χ0n) is 28.9. The molecule has 1 aliphatic rings. The van der Waals surface area contributed by atoms with Crippen molar-refractivity contribution >= 4 is 70.1 Å². The van der Waals surface area contributed by atoms with E-state index in [0.29, 0.717) is 0 Å².